The van der Waals surface area contributed by atoms with Crippen LogP contribution in [0.5, 0.6) is 0 Å². The van der Waals surface area contributed by atoms with Crippen molar-refractivity contribution in [2.24, 2.45) is 0 Å². The lowest BCUT2D eigenvalue weighted by atomic mass is 10.2. The molecule has 1 aromatic rings. The van der Waals surface area contributed by atoms with Crippen molar-refractivity contribution in [1.82, 2.24) is 0 Å². The molecule has 0 amide bonds. The van der Waals surface area contributed by atoms with E-state index >= 15 is 0 Å². The van der Waals surface area contributed by atoms with Crippen LogP contribution in [-0.4, -0.2) is 18.4 Å². The van der Waals surface area contributed by atoms with E-state index in [9.17, 15) is 9.59 Å². The maximum atomic E-state index is 11.6. The van der Waals surface area contributed by atoms with Crippen molar-refractivity contribution in [3.8, 4) is 0 Å². The Morgan fingerprint density at radius 1 is 1.35 bits per heavy atom. The SMILES string of the molecule is CCOC(=O)c1ccccc1N/C=C\C(C)=O. The van der Waals surface area contributed by atoms with Gasteiger partial charge in [0.25, 0.3) is 0 Å². The van der Waals surface area contributed by atoms with Crippen molar-refractivity contribution in [2.45, 2.75) is 13.8 Å². The highest BCUT2D eigenvalue weighted by Crippen LogP contribution is 2.16. The van der Waals surface area contributed by atoms with Gasteiger partial charge >= 0.3 is 5.97 Å². The Morgan fingerprint density at radius 2 is 2.06 bits per heavy atom. The molecule has 0 aliphatic heterocycles. The standard InChI is InChI=1S/C13H15NO3/c1-3-17-13(16)11-6-4-5-7-12(11)14-9-8-10(2)15/h4-9,14H,3H2,1-2H3/b9-8-. The van der Waals surface area contributed by atoms with Crippen LogP contribution in [0, 0.1) is 0 Å². The Balaban J connectivity index is 2.84. The molecule has 1 aromatic carbocycles. The molecule has 0 spiro atoms. The third-order valence-electron chi connectivity index (χ3n) is 1.98. The fourth-order valence-electron chi connectivity index (χ4n) is 1.24. The van der Waals surface area contributed by atoms with E-state index in [1.54, 1.807) is 31.2 Å². The summed E-state index contributed by atoms with van der Waals surface area (Å²) in [4.78, 5) is 22.3. The lowest BCUT2D eigenvalue weighted by Crippen LogP contribution is -2.07. The predicted octanol–water partition coefficient (Wildman–Crippen LogP) is 2.38. The summed E-state index contributed by atoms with van der Waals surface area (Å²) in [6.07, 6.45) is 2.89. The number of ketones is 1. The number of hydrogen-bond donors (Lipinski definition) is 1. The van der Waals surface area contributed by atoms with Crippen molar-refractivity contribution in [2.75, 3.05) is 11.9 Å². The summed E-state index contributed by atoms with van der Waals surface area (Å²) in [6, 6.07) is 6.97. The fourth-order valence-corrected chi connectivity index (χ4v) is 1.24. The van der Waals surface area contributed by atoms with Crippen LogP contribution in [0.2, 0.25) is 0 Å². The van der Waals surface area contributed by atoms with Crippen LogP contribution in [0.15, 0.2) is 36.5 Å². The van der Waals surface area contributed by atoms with Gasteiger partial charge in [-0.3, -0.25) is 4.79 Å². The zero-order valence-corrected chi connectivity index (χ0v) is 9.90. The summed E-state index contributed by atoms with van der Waals surface area (Å²) in [6.45, 7) is 3.54. The van der Waals surface area contributed by atoms with Crippen LogP contribution in [0.3, 0.4) is 0 Å². The number of ether oxygens (including phenoxy) is 1. The molecule has 1 rings (SSSR count). The van der Waals surface area contributed by atoms with E-state index in [2.05, 4.69) is 5.32 Å². The second kappa shape index (κ2) is 6.48. The number of para-hydroxylation sites is 1. The smallest absolute Gasteiger partial charge is 0.340 e. The topological polar surface area (TPSA) is 55.4 Å². The van der Waals surface area contributed by atoms with Gasteiger partial charge in [0, 0.05) is 6.20 Å². The van der Waals surface area contributed by atoms with Gasteiger partial charge in [-0.25, -0.2) is 4.79 Å². The van der Waals surface area contributed by atoms with Gasteiger partial charge < -0.3 is 10.1 Å². The molecule has 0 fully saturated rings. The highest BCUT2D eigenvalue weighted by atomic mass is 16.5. The van der Waals surface area contributed by atoms with Gasteiger partial charge in [0.15, 0.2) is 5.78 Å². The number of nitrogens with one attached hydrogen (secondary N) is 1. The van der Waals surface area contributed by atoms with Crippen molar-refractivity contribution in [3.05, 3.63) is 42.1 Å². The third kappa shape index (κ3) is 4.10. The minimum atomic E-state index is -0.383. The number of benzene rings is 1. The normalized spacial score (nSPS) is 10.2. The maximum absolute atomic E-state index is 11.6. The molecule has 1 N–H and O–H groups in total. The molecule has 0 heterocycles. The lowest BCUT2D eigenvalue weighted by molar-refractivity contribution is -0.112. The van der Waals surface area contributed by atoms with Crippen molar-refractivity contribution >= 4 is 17.4 Å². The largest absolute Gasteiger partial charge is 0.462 e. The van der Waals surface area contributed by atoms with Crippen LogP contribution in [-0.2, 0) is 9.53 Å². The van der Waals surface area contributed by atoms with Crippen LogP contribution < -0.4 is 5.32 Å². The summed E-state index contributed by atoms with van der Waals surface area (Å²) in [5, 5.41) is 2.88. The van der Waals surface area contributed by atoms with E-state index in [-0.39, 0.29) is 11.8 Å². The van der Waals surface area contributed by atoms with E-state index in [1.807, 2.05) is 0 Å². The van der Waals surface area contributed by atoms with Gasteiger partial charge in [0.05, 0.1) is 17.9 Å². The van der Waals surface area contributed by atoms with Gasteiger partial charge in [-0.15, -0.1) is 0 Å². The maximum Gasteiger partial charge on any atom is 0.340 e. The van der Waals surface area contributed by atoms with Crippen LogP contribution in [0.1, 0.15) is 24.2 Å². The fraction of sp³-hybridized carbons (Fsp3) is 0.231. The predicted molar refractivity (Wildman–Crippen MR) is 65.8 cm³/mol. The van der Waals surface area contributed by atoms with Crippen LogP contribution >= 0.6 is 0 Å². The number of allylic oxidation sites excluding steroid dienone is 1. The van der Waals surface area contributed by atoms with Gasteiger partial charge in [-0.05, 0) is 32.1 Å². The Morgan fingerprint density at radius 3 is 2.71 bits per heavy atom. The molecule has 4 nitrogen and oxygen atoms in total. The minimum absolute atomic E-state index is 0.0638. The molecular formula is C13H15NO3. The Labute approximate surface area is 100 Å². The molecule has 0 saturated carbocycles. The highest BCUT2D eigenvalue weighted by Gasteiger charge is 2.10. The first-order chi connectivity index (χ1) is 8.15. The summed E-state index contributed by atoms with van der Waals surface area (Å²) >= 11 is 0. The molecule has 0 aromatic heterocycles. The van der Waals surface area contributed by atoms with Gasteiger partial charge in [-0.1, -0.05) is 12.1 Å². The molecule has 0 atom stereocenters. The van der Waals surface area contributed by atoms with Crippen molar-refractivity contribution in [3.63, 3.8) is 0 Å². The highest BCUT2D eigenvalue weighted by molar-refractivity contribution is 5.96. The quantitative estimate of drug-likeness (QED) is 0.626. The summed E-state index contributed by atoms with van der Waals surface area (Å²) in [5.74, 6) is -0.446. The second-order valence-electron chi connectivity index (χ2n) is 3.35. The summed E-state index contributed by atoms with van der Waals surface area (Å²) < 4.78 is 4.93. The molecule has 0 saturated heterocycles. The zero-order valence-electron chi connectivity index (χ0n) is 9.90. The second-order valence-corrected chi connectivity index (χ2v) is 3.35. The van der Waals surface area contributed by atoms with Crippen molar-refractivity contribution in [1.29, 1.82) is 0 Å². The van der Waals surface area contributed by atoms with Gasteiger partial charge in [-0.2, -0.15) is 0 Å². The van der Waals surface area contributed by atoms with E-state index in [0.717, 1.165) is 0 Å². The molecule has 0 aliphatic rings. The van der Waals surface area contributed by atoms with E-state index in [0.29, 0.717) is 17.9 Å². The zero-order chi connectivity index (χ0) is 12.7. The first kappa shape index (κ1) is 13.0. The van der Waals surface area contributed by atoms with Gasteiger partial charge in [0.1, 0.15) is 0 Å². The Hall–Kier alpha value is -2.10. The van der Waals surface area contributed by atoms with E-state index < -0.39 is 0 Å². The monoisotopic (exact) mass is 233 g/mol. The molecule has 0 unspecified atom stereocenters. The minimum Gasteiger partial charge on any atom is -0.462 e. The molecule has 0 aliphatic carbocycles. The van der Waals surface area contributed by atoms with Crippen LogP contribution in [0.25, 0.3) is 0 Å². The van der Waals surface area contributed by atoms with E-state index in [4.69, 9.17) is 4.74 Å². The number of carbonyl (C=O) groups is 2. The number of esters is 1. The first-order valence-electron chi connectivity index (χ1n) is 5.35. The third-order valence-corrected chi connectivity index (χ3v) is 1.98. The number of anilines is 1. The molecular weight excluding hydrogens is 218 g/mol. The molecule has 90 valence electrons. The first-order valence-corrected chi connectivity index (χ1v) is 5.35. The lowest BCUT2D eigenvalue weighted by Gasteiger charge is -2.07. The molecule has 4 heteroatoms. The van der Waals surface area contributed by atoms with Crippen LogP contribution in [0.4, 0.5) is 5.69 Å². The average Bonchev–Trinajstić information content (AvgIpc) is 2.29. The molecule has 17 heavy (non-hydrogen) atoms. The molecule has 0 radical (unpaired) electrons. The number of rotatable bonds is 5. The summed E-state index contributed by atoms with van der Waals surface area (Å²) in [7, 11) is 0. The number of hydrogen-bond acceptors (Lipinski definition) is 4. The van der Waals surface area contributed by atoms with E-state index in [1.165, 1.54) is 19.2 Å². The summed E-state index contributed by atoms with van der Waals surface area (Å²) in [5.41, 5.74) is 1.06. The molecule has 0 bridgehead atoms. The number of carbonyl (C=O) groups excluding carboxylic acids is 2. The Bertz CT molecular complexity index is 438. The Kier molecular flexibility index (Phi) is 4.94. The average molecular weight is 233 g/mol. The van der Waals surface area contributed by atoms with Crippen molar-refractivity contribution < 1.29 is 14.3 Å². The van der Waals surface area contributed by atoms with Gasteiger partial charge in [0.2, 0.25) is 0 Å².